The zero-order chi connectivity index (χ0) is 14.1. The van der Waals surface area contributed by atoms with Gasteiger partial charge in [-0.2, -0.15) is 0 Å². The van der Waals surface area contributed by atoms with Crippen molar-refractivity contribution in [2.24, 2.45) is 0 Å². The Bertz CT molecular complexity index is 694. The van der Waals surface area contributed by atoms with E-state index in [0.29, 0.717) is 12.0 Å². The largest absolute Gasteiger partial charge is 0.488 e. The van der Waals surface area contributed by atoms with Gasteiger partial charge in [-0.1, -0.05) is 30.3 Å². The quantitative estimate of drug-likeness (QED) is 0.775. The van der Waals surface area contributed by atoms with Gasteiger partial charge in [-0.25, -0.2) is 0 Å². The number of fused-ring (bicyclic) bond motifs is 1. The van der Waals surface area contributed by atoms with E-state index >= 15 is 0 Å². The minimum Gasteiger partial charge on any atom is -0.423 e. The predicted molar refractivity (Wildman–Crippen MR) is 78.1 cm³/mol. The molecule has 4 nitrogen and oxygen atoms in total. The fourth-order valence-electron chi connectivity index (χ4n) is 2.91. The van der Waals surface area contributed by atoms with Gasteiger partial charge in [-0.3, -0.25) is 4.79 Å². The summed E-state index contributed by atoms with van der Waals surface area (Å²) < 4.78 is 1.75. The second-order valence-electron chi connectivity index (χ2n) is 5.16. The third-order valence-electron chi connectivity index (χ3n) is 3.91. The number of pyridine rings is 1. The highest BCUT2D eigenvalue weighted by Gasteiger charge is 2.19. The van der Waals surface area contributed by atoms with Crippen LogP contribution in [-0.4, -0.2) is 21.7 Å². The maximum absolute atomic E-state index is 12.1. The van der Waals surface area contributed by atoms with E-state index in [4.69, 9.17) is 0 Å². The minimum absolute atomic E-state index is 0.0344. The second kappa shape index (κ2) is 5.27. The third-order valence-corrected chi connectivity index (χ3v) is 3.91. The molecular formula is C15H16BNO3. The van der Waals surface area contributed by atoms with Crippen molar-refractivity contribution in [3.8, 4) is 0 Å². The first-order valence-electron chi connectivity index (χ1n) is 6.82. The summed E-state index contributed by atoms with van der Waals surface area (Å²) in [6.07, 6.45) is 3.00. The van der Waals surface area contributed by atoms with E-state index in [0.717, 1.165) is 30.5 Å². The molecule has 0 atom stereocenters. The van der Waals surface area contributed by atoms with E-state index in [1.165, 1.54) is 5.56 Å². The molecule has 0 unspecified atom stereocenters. The maximum Gasteiger partial charge on any atom is 0.488 e. The van der Waals surface area contributed by atoms with Crippen LogP contribution >= 0.6 is 0 Å². The van der Waals surface area contributed by atoms with Crippen LogP contribution in [0.4, 0.5) is 0 Å². The molecule has 0 saturated carbocycles. The lowest BCUT2D eigenvalue weighted by Crippen LogP contribution is -2.35. The molecule has 5 heteroatoms. The SMILES string of the molecule is O=c1ccc2c(n1Cc1ccccc1B(O)O)CCC2. The molecule has 0 radical (unpaired) electrons. The molecule has 2 aromatic rings. The molecule has 0 bridgehead atoms. The highest BCUT2D eigenvalue weighted by Crippen LogP contribution is 2.20. The zero-order valence-corrected chi connectivity index (χ0v) is 11.1. The van der Waals surface area contributed by atoms with Gasteiger partial charge in [-0.05, 0) is 35.9 Å². The van der Waals surface area contributed by atoms with Crippen molar-refractivity contribution < 1.29 is 10.0 Å². The van der Waals surface area contributed by atoms with E-state index in [9.17, 15) is 14.8 Å². The van der Waals surface area contributed by atoms with Gasteiger partial charge in [0.05, 0.1) is 6.54 Å². The first kappa shape index (κ1) is 13.2. The molecule has 0 amide bonds. The van der Waals surface area contributed by atoms with E-state index in [1.807, 2.05) is 18.2 Å². The molecule has 3 rings (SSSR count). The van der Waals surface area contributed by atoms with Gasteiger partial charge in [0.1, 0.15) is 0 Å². The lowest BCUT2D eigenvalue weighted by molar-refractivity contribution is 0.425. The summed E-state index contributed by atoms with van der Waals surface area (Å²) in [6, 6.07) is 10.6. The summed E-state index contributed by atoms with van der Waals surface area (Å²) in [7, 11) is -1.52. The average molecular weight is 269 g/mol. The van der Waals surface area contributed by atoms with Gasteiger partial charge < -0.3 is 14.6 Å². The van der Waals surface area contributed by atoms with Crippen molar-refractivity contribution in [3.05, 3.63) is 63.6 Å². The first-order valence-corrected chi connectivity index (χ1v) is 6.82. The molecule has 2 N–H and O–H groups in total. The summed E-state index contributed by atoms with van der Waals surface area (Å²) in [5, 5.41) is 18.8. The molecule has 0 saturated heterocycles. The Morgan fingerprint density at radius 3 is 2.70 bits per heavy atom. The van der Waals surface area contributed by atoms with Gasteiger partial charge in [0.15, 0.2) is 0 Å². The topological polar surface area (TPSA) is 62.5 Å². The van der Waals surface area contributed by atoms with E-state index < -0.39 is 7.12 Å². The fraction of sp³-hybridized carbons (Fsp3) is 0.267. The van der Waals surface area contributed by atoms with Crippen molar-refractivity contribution in [2.45, 2.75) is 25.8 Å². The number of rotatable bonds is 3. The molecule has 0 fully saturated rings. The minimum atomic E-state index is -1.52. The van der Waals surface area contributed by atoms with Crippen LogP contribution in [0.2, 0.25) is 0 Å². The van der Waals surface area contributed by atoms with E-state index in [1.54, 1.807) is 22.8 Å². The molecular weight excluding hydrogens is 253 g/mol. The number of hydrogen-bond acceptors (Lipinski definition) is 3. The number of aryl methyl sites for hydroxylation is 1. The van der Waals surface area contributed by atoms with Crippen LogP contribution in [0.3, 0.4) is 0 Å². The molecule has 1 heterocycles. The van der Waals surface area contributed by atoms with Crippen molar-refractivity contribution in [3.63, 3.8) is 0 Å². The summed E-state index contributed by atoms with van der Waals surface area (Å²) in [5.74, 6) is 0. The molecule has 1 aromatic heterocycles. The lowest BCUT2D eigenvalue weighted by Gasteiger charge is -2.14. The Kier molecular flexibility index (Phi) is 3.46. The van der Waals surface area contributed by atoms with Crippen molar-refractivity contribution >= 4 is 12.6 Å². The van der Waals surface area contributed by atoms with Gasteiger partial charge in [0.2, 0.25) is 0 Å². The molecule has 0 aliphatic heterocycles. The fourth-order valence-corrected chi connectivity index (χ4v) is 2.91. The monoisotopic (exact) mass is 269 g/mol. The molecule has 20 heavy (non-hydrogen) atoms. The summed E-state index contributed by atoms with van der Waals surface area (Å²) in [6.45, 7) is 0.385. The van der Waals surface area contributed by atoms with Crippen LogP contribution in [0, 0.1) is 0 Å². The second-order valence-corrected chi connectivity index (χ2v) is 5.16. The molecule has 1 aliphatic carbocycles. The van der Waals surface area contributed by atoms with Gasteiger partial charge in [-0.15, -0.1) is 0 Å². The zero-order valence-electron chi connectivity index (χ0n) is 11.1. The highest BCUT2D eigenvalue weighted by molar-refractivity contribution is 6.59. The third kappa shape index (κ3) is 2.30. The molecule has 102 valence electrons. The van der Waals surface area contributed by atoms with Crippen LogP contribution < -0.4 is 11.0 Å². The van der Waals surface area contributed by atoms with Crippen LogP contribution in [0.15, 0.2) is 41.2 Å². The number of aromatic nitrogens is 1. The summed E-state index contributed by atoms with van der Waals surface area (Å²) in [5.41, 5.74) is 3.50. The normalized spacial score (nSPS) is 13.3. The Morgan fingerprint density at radius 1 is 1.10 bits per heavy atom. The van der Waals surface area contributed by atoms with Gasteiger partial charge >= 0.3 is 7.12 Å². The Morgan fingerprint density at radius 2 is 1.90 bits per heavy atom. The van der Waals surface area contributed by atoms with Gasteiger partial charge in [0.25, 0.3) is 5.56 Å². The lowest BCUT2D eigenvalue weighted by atomic mass is 9.77. The molecule has 1 aliphatic rings. The van der Waals surface area contributed by atoms with Crippen molar-refractivity contribution in [2.75, 3.05) is 0 Å². The van der Waals surface area contributed by atoms with Gasteiger partial charge in [0, 0.05) is 11.8 Å². The first-order chi connectivity index (χ1) is 9.66. The standard InChI is InChI=1S/C15H16BNO3/c18-15-9-8-11-5-3-7-14(11)17(15)10-12-4-1-2-6-13(12)16(19)20/h1-2,4,6,8-9,19-20H,3,5,7,10H2. The number of benzene rings is 1. The van der Waals surface area contributed by atoms with Crippen LogP contribution in [0.1, 0.15) is 23.2 Å². The highest BCUT2D eigenvalue weighted by atomic mass is 16.4. The molecule has 1 aromatic carbocycles. The van der Waals surface area contributed by atoms with Crippen LogP contribution in [0.5, 0.6) is 0 Å². The Labute approximate surface area is 117 Å². The van der Waals surface area contributed by atoms with Crippen molar-refractivity contribution in [1.29, 1.82) is 0 Å². The van der Waals surface area contributed by atoms with E-state index in [2.05, 4.69) is 0 Å². The maximum atomic E-state index is 12.1. The van der Waals surface area contributed by atoms with Crippen molar-refractivity contribution in [1.82, 2.24) is 4.57 Å². The smallest absolute Gasteiger partial charge is 0.423 e. The number of nitrogens with zero attached hydrogens (tertiary/aromatic N) is 1. The Balaban J connectivity index is 2.05. The van der Waals surface area contributed by atoms with Crippen LogP contribution in [0.25, 0.3) is 0 Å². The predicted octanol–water partition coefficient (Wildman–Crippen LogP) is 0.0651. The summed E-state index contributed by atoms with van der Waals surface area (Å²) >= 11 is 0. The van der Waals surface area contributed by atoms with Crippen LogP contribution in [-0.2, 0) is 19.4 Å². The van der Waals surface area contributed by atoms with E-state index in [-0.39, 0.29) is 5.56 Å². The Hall–Kier alpha value is -1.85. The molecule has 0 spiro atoms. The number of hydrogen-bond donors (Lipinski definition) is 2. The average Bonchev–Trinajstić information content (AvgIpc) is 2.91. The summed E-state index contributed by atoms with van der Waals surface area (Å²) in [4.78, 5) is 12.1.